The number of rotatable bonds is 3. The van der Waals surface area contributed by atoms with Crippen LogP contribution in [0, 0.1) is 5.82 Å². The summed E-state index contributed by atoms with van der Waals surface area (Å²) < 4.78 is 35.6. The number of carbonyl (C=O) groups is 1. The zero-order valence-corrected chi connectivity index (χ0v) is 12.3. The fourth-order valence-corrected chi connectivity index (χ4v) is 2.73. The lowest BCUT2D eigenvalue weighted by Crippen LogP contribution is -2.43. The van der Waals surface area contributed by atoms with Crippen LogP contribution in [0.4, 0.5) is 15.8 Å². The molecule has 0 spiro atoms. The van der Waals surface area contributed by atoms with Gasteiger partial charge in [-0.1, -0.05) is 0 Å². The Morgan fingerprint density at radius 1 is 1.30 bits per heavy atom. The van der Waals surface area contributed by atoms with Gasteiger partial charge in [0.1, 0.15) is 15.7 Å². The van der Waals surface area contributed by atoms with Gasteiger partial charge in [-0.15, -0.1) is 0 Å². The summed E-state index contributed by atoms with van der Waals surface area (Å²) in [5, 5.41) is 0. The summed E-state index contributed by atoms with van der Waals surface area (Å²) in [5.74, 6) is -0.785. The van der Waals surface area contributed by atoms with Gasteiger partial charge in [-0.2, -0.15) is 0 Å². The Morgan fingerprint density at radius 3 is 2.65 bits per heavy atom. The molecule has 0 aromatic heterocycles. The Hall–Kier alpha value is -1.63. The molecule has 1 aliphatic heterocycles. The highest BCUT2D eigenvalue weighted by Gasteiger charge is 2.25. The van der Waals surface area contributed by atoms with E-state index >= 15 is 0 Å². The topological polar surface area (TPSA) is 57.7 Å². The Bertz CT molecular complexity index is 631. The zero-order chi connectivity index (χ0) is 14.9. The van der Waals surface area contributed by atoms with E-state index in [1.807, 2.05) is 11.9 Å². The van der Waals surface area contributed by atoms with Crippen LogP contribution in [0.1, 0.15) is 6.42 Å². The van der Waals surface area contributed by atoms with Crippen LogP contribution >= 0.6 is 0 Å². The molecule has 1 aliphatic rings. The zero-order valence-electron chi connectivity index (χ0n) is 11.5. The highest BCUT2D eigenvalue weighted by Crippen LogP contribution is 2.33. The smallest absolute Gasteiger partial charge is 0.228 e. The number of nitrogens with zero attached hydrogens (tertiary/aromatic N) is 2. The van der Waals surface area contributed by atoms with Crippen molar-refractivity contribution < 1.29 is 17.6 Å². The Labute approximate surface area is 117 Å². The SMILES string of the molecule is CN1CCN(C(=O)CCS(C)(=O)=O)c2ccc(F)cc21. The van der Waals surface area contributed by atoms with Gasteiger partial charge in [0, 0.05) is 32.8 Å². The van der Waals surface area contributed by atoms with E-state index in [0.29, 0.717) is 24.5 Å². The van der Waals surface area contributed by atoms with Crippen LogP contribution in [0.5, 0.6) is 0 Å². The van der Waals surface area contributed by atoms with Crippen LogP contribution in [-0.4, -0.2) is 46.5 Å². The van der Waals surface area contributed by atoms with Crippen molar-refractivity contribution in [1.29, 1.82) is 0 Å². The maximum atomic E-state index is 13.3. The van der Waals surface area contributed by atoms with Gasteiger partial charge in [0.15, 0.2) is 0 Å². The van der Waals surface area contributed by atoms with Crippen LogP contribution in [0.25, 0.3) is 0 Å². The van der Waals surface area contributed by atoms with Gasteiger partial charge in [0.25, 0.3) is 0 Å². The molecular weight excluding hydrogens is 283 g/mol. The van der Waals surface area contributed by atoms with Crippen LogP contribution in [0.15, 0.2) is 18.2 Å². The maximum Gasteiger partial charge on any atom is 0.228 e. The van der Waals surface area contributed by atoms with E-state index < -0.39 is 9.84 Å². The Kier molecular flexibility index (Phi) is 3.99. The normalized spacial score (nSPS) is 15.2. The predicted molar refractivity (Wildman–Crippen MR) is 76.4 cm³/mol. The molecule has 0 bridgehead atoms. The molecule has 1 aromatic carbocycles. The minimum Gasteiger partial charge on any atom is -0.371 e. The molecule has 0 aliphatic carbocycles. The van der Waals surface area contributed by atoms with E-state index in [0.717, 1.165) is 6.26 Å². The molecule has 20 heavy (non-hydrogen) atoms. The molecule has 5 nitrogen and oxygen atoms in total. The first-order chi connectivity index (χ1) is 9.28. The summed E-state index contributed by atoms with van der Waals surface area (Å²) in [4.78, 5) is 15.5. The van der Waals surface area contributed by atoms with E-state index in [4.69, 9.17) is 0 Å². The summed E-state index contributed by atoms with van der Waals surface area (Å²) in [5.41, 5.74) is 1.27. The van der Waals surface area contributed by atoms with Gasteiger partial charge in [-0.05, 0) is 18.2 Å². The third-order valence-corrected chi connectivity index (χ3v) is 4.23. The van der Waals surface area contributed by atoms with Gasteiger partial charge in [0.05, 0.1) is 17.1 Å². The molecule has 0 saturated carbocycles. The molecular formula is C13H17FN2O3S. The van der Waals surface area contributed by atoms with Crippen molar-refractivity contribution in [1.82, 2.24) is 0 Å². The number of halogens is 1. The average molecular weight is 300 g/mol. The van der Waals surface area contributed by atoms with Crippen molar-refractivity contribution >= 4 is 27.1 Å². The molecule has 1 aromatic rings. The van der Waals surface area contributed by atoms with Crippen molar-refractivity contribution in [3.8, 4) is 0 Å². The van der Waals surface area contributed by atoms with Gasteiger partial charge < -0.3 is 9.80 Å². The summed E-state index contributed by atoms with van der Waals surface area (Å²) in [6.45, 7) is 1.05. The highest BCUT2D eigenvalue weighted by molar-refractivity contribution is 7.90. The van der Waals surface area contributed by atoms with Crippen molar-refractivity contribution in [3.63, 3.8) is 0 Å². The molecule has 1 heterocycles. The number of benzene rings is 1. The third kappa shape index (κ3) is 3.27. The number of anilines is 2. The minimum absolute atomic E-state index is 0.0562. The fourth-order valence-electron chi connectivity index (χ4n) is 2.19. The molecule has 0 saturated heterocycles. The standard InChI is InChI=1S/C13H17FN2O3S/c1-15-6-7-16(13(17)5-8-20(2,18)19)11-4-3-10(14)9-12(11)15/h3-4,9H,5-8H2,1-2H3. The summed E-state index contributed by atoms with van der Waals surface area (Å²) >= 11 is 0. The number of hydrogen-bond donors (Lipinski definition) is 0. The van der Waals surface area contributed by atoms with E-state index in [1.54, 1.807) is 6.07 Å². The lowest BCUT2D eigenvalue weighted by atomic mass is 10.1. The quantitative estimate of drug-likeness (QED) is 0.837. The monoisotopic (exact) mass is 300 g/mol. The van der Waals surface area contributed by atoms with Crippen LogP contribution in [0.2, 0.25) is 0 Å². The number of amides is 1. The molecule has 0 unspecified atom stereocenters. The predicted octanol–water partition coefficient (Wildman–Crippen LogP) is 1.04. The molecule has 0 atom stereocenters. The van der Waals surface area contributed by atoms with E-state index in [2.05, 4.69) is 0 Å². The lowest BCUT2D eigenvalue weighted by molar-refractivity contribution is -0.118. The molecule has 0 fully saturated rings. The highest BCUT2D eigenvalue weighted by atomic mass is 32.2. The van der Waals surface area contributed by atoms with Gasteiger partial charge in [0.2, 0.25) is 5.91 Å². The van der Waals surface area contributed by atoms with Crippen LogP contribution in [0.3, 0.4) is 0 Å². The minimum atomic E-state index is -3.17. The second-order valence-electron chi connectivity index (χ2n) is 4.98. The third-order valence-electron chi connectivity index (χ3n) is 3.29. The van der Waals surface area contributed by atoms with Crippen LogP contribution < -0.4 is 9.80 Å². The maximum absolute atomic E-state index is 13.3. The summed E-state index contributed by atoms with van der Waals surface area (Å²) in [7, 11) is -1.34. The number of likely N-dealkylation sites (N-methyl/N-ethyl adjacent to an activating group) is 1. The second kappa shape index (κ2) is 5.40. The van der Waals surface area contributed by atoms with Gasteiger partial charge in [-0.25, -0.2) is 12.8 Å². The fraction of sp³-hybridized carbons (Fsp3) is 0.462. The van der Waals surface area contributed by atoms with Crippen molar-refractivity contribution in [2.24, 2.45) is 0 Å². The first-order valence-electron chi connectivity index (χ1n) is 6.27. The van der Waals surface area contributed by atoms with E-state index in [1.165, 1.54) is 17.0 Å². The van der Waals surface area contributed by atoms with E-state index in [-0.39, 0.29) is 23.9 Å². The van der Waals surface area contributed by atoms with Crippen molar-refractivity contribution in [2.45, 2.75) is 6.42 Å². The summed E-state index contributed by atoms with van der Waals surface area (Å²) in [6, 6.07) is 4.23. The second-order valence-corrected chi connectivity index (χ2v) is 7.24. The molecule has 0 radical (unpaired) electrons. The molecule has 1 amide bonds. The first-order valence-corrected chi connectivity index (χ1v) is 8.33. The first kappa shape index (κ1) is 14.8. The summed E-state index contributed by atoms with van der Waals surface area (Å²) in [6.07, 6.45) is 1.05. The molecule has 7 heteroatoms. The number of hydrogen-bond acceptors (Lipinski definition) is 4. The number of fused-ring (bicyclic) bond motifs is 1. The lowest BCUT2D eigenvalue weighted by Gasteiger charge is -2.35. The molecule has 110 valence electrons. The molecule has 0 N–H and O–H groups in total. The largest absolute Gasteiger partial charge is 0.371 e. The van der Waals surface area contributed by atoms with Crippen molar-refractivity contribution in [2.75, 3.05) is 41.9 Å². The average Bonchev–Trinajstić information content (AvgIpc) is 2.36. The van der Waals surface area contributed by atoms with E-state index in [9.17, 15) is 17.6 Å². The van der Waals surface area contributed by atoms with Crippen molar-refractivity contribution in [3.05, 3.63) is 24.0 Å². The van der Waals surface area contributed by atoms with Gasteiger partial charge in [-0.3, -0.25) is 4.79 Å². The number of carbonyl (C=O) groups excluding carboxylic acids is 1. The Morgan fingerprint density at radius 2 is 2.00 bits per heavy atom. The van der Waals surface area contributed by atoms with Gasteiger partial charge >= 0.3 is 0 Å². The van der Waals surface area contributed by atoms with Crippen LogP contribution in [-0.2, 0) is 14.6 Å². The Balaban J connectivity index is 2.23. The number of sulfone groups is 1. The molecule has 2 rings (SSSR count).